The first-order valence-corrected chi connectivity index (χ1v) is 9.90. The largest absolute Gasteiger partial charge is 0.461 e. The van der Waals surface area contributed by atoms with E-state index in [9.17, 15) is 0 Å². The van der Waals surface area contributed by atoms with E-state index in [1.807, 2.05) is 18.2 Å². The van der Waals surface area contributed by atoms with Crippen molar-refractivity contribution in [1.82, 2.24) is 15.0 Å². The lowest BCUT2D eigenvalue weighted by Crippen LogP contribution is -2.26. The van der Waals surface area contributed by atoms with Gasteiger partial charge in [-0.15, -0.1) is 0 Å². The van der Waals surface area contributed by atoms with Crippen molar-refractivity contribution in [2.75, 3.05) is 31.2 Å². The summed E-state index contributed by atoms with van der Waals surface area (Å²) in [5, 5.41) is 9.07. The summed E-state index contributed by atoms with van der Waals surface area (Å²) >= 11 is 0. The van der Waals surface area contributed by atoms with Crippen molar-refractivity contribution in [3.8, 4) is 17.3 Å². The molecule has 1 N–H and O–H groups in total. The average molecular weight is 380 g/mol. The molecular weight excluding hydrogens is 352 g/mol. The summed E-state index contributed by atoms with van der Waals surface area (Å²) in [6, 6.07) is 12.5. The van der Waals surface area contributed by atoms with E-state index >= 15 is 0 Å². The van der Waals surface area contributed by atoms with Crippen molar-refractivity contribution in [2.45, 2.75) is 33.6 Å². The Balaban J connectivity index is 2.14. The number of aliphatic hydroxyl groups is 1. The molecule has 2 heterocycles. The number of aliphatic hydroxyl groups excluding tert-OH is 1. The van der Waals surface area contributed by atoms with Gasteiger partial charge < -0.3 is 14.7 Å². The van der Waals surface area contributed by atoms with Gasteiger partial charge in [0.2, 0.25) is 0 Å². The van der Waals surface area contributed by atoms with Gasteiger partial charge in [0.05, 0.1) is 17.8 Å². The highest BCUT2D eigenvalue weighted by atomic mass is 16.5. The molecule has 0 spiro atoms. The number of hydrogen-bond acceptors (Lipinski definition) is 6. The Hall–Kier alpha value is -2.73. The van der Waals surface area contributed by atoms with E-state index in [0.29, 0.717) is 0 Å². The first-order valence-electron chi connectivity index (χ1n) is 9.90. The van der Waals surface area contributed by atoms with Gasteiger partial charge in [0.25, 0.3) is 0 Å². The molecule has 0 amide bonds. The number of benzene rings is 1. The van der Waals surface area contributed by atoms with E-state index in [1.165, 1.54) is 5.56 Å². The van der Waals surface area contributed by atoms with Crippen molar-refractivity contribution in [3.05, 3.63) is 42.0 Å². The predicted octanol–water partition coefficient (Wildman–Crippen LogP) is 4.00. The van der Waals surface area contributed by atoms with Gasteiger partial charge in [-0.05, 0) is 38.0 Å². The van der Waals surface area contributed by atoms with Gasteiger partial charge >= 0.3 is 6.01 Å². The lowest BCUT2D eigenvalue weighted by molar-refractivity contribution is 0.192. The molecule has 0 aliphatic heterocycles. The molecule has 6 nitrogen and oxygen atoms in total. The molecule has 0 atom stereocenters. The van der Waals surface area contributed by atoms with Gasteiger partial charge in [0.1, 0.15) is 12.1 Å². The van der Waals surface area contributed by atoms with E-state index in [2.05, 4.69) is 53.8 Å². The van der Waals surface area contributed by atoms with Gasteiger partial charge in [-0.25, -0.2) is 4.98 Å². The molecule has 0 aliphatic rings. The topological polar surface area (TPSA) is 71.4 Å². The van der Waals surface area contributed by atoms with Crippen molar-refractivity contribution in [2.24, 2.45) is 0 Å². The molecule has 0 aliphatic carbocycles. The third-order valence-electron chi connectivity index (χ3n) is 4.43. The van der Waals surface area contributed by atoms with E-state index in [0.717, 1.165) is 54.0 Å². The second-order valence-corrected chi connectivity index (χ2v) is 6.82. The number of ether oxygens (including phenoxy) is 1. The van der Waals surface area contributed by atoms with Crippen LogP contribution in [0.2, 0.25) is 0 Å². The maximum Gasteiger partial charge on any atom is 0.319 e. The first-order chi connectivity index (χ1) is 13.7. The molecule has 0 fully saturated rings. The number of nitrogens with zero attached hydrogens (tertiary/aromatic N) is 4. The highest BCUT2D eigenvalue weighted by Gasteiger charge is 2.17. The average Bonchev–Trinajstić information content (AvgIpc) is 2.71. The van der Waals surface area contributed by atoms with Crippen molar-refractivity contribution in [1.29, 1.82) is 0 Å². The number of aromatic nitrogens is 3. The van der Waals surface area contributed by atoms with Gasteiger partial charge in [-0.2, -0.15) is 9.97 Å². The van der Waals surface area contributed by atoms with E-state index in [1.54, 1.807) is 0 Å². The first kappa shape index (κ1) is 20.0. The summed E-state index contributed by atoms with van der Waals surface area (Å²) < 4.78 is 5.51. The summed E-state index contributed by atoms with van der Waals surface area (Å²) in [6.07, 6.45) is 2.02. The molecular formula is C22H28N4O2. The minimum atomic E-state index is -0.0745. The fourth-order valence-corrected chi connectivity index (χ4v) is 3.23. The fourth-order valence-electron chi connectivity index (χ4n) is 3.23. The van der Waals surface area contributed by atoms with Crippen LogP contribution in [0.3, 0.4) is 0 Å². The number of anilines is 1. The van der Waals surface area contributed by atoms with E-state index in [4.69, 9.17) is 14.8 Å². The van der Waals surface area contributed by atoms with Gasteiger partial charge in [0.15, 0.2) is 5.82 Å². The maximum absolute atomic E-state index is 9.07. The predicted molar refractivity (Wildman–Crippen MR) is 113 cm³/mol. The quantitative estimate of drug-likeness (QED) is 0.605. The maximum atomic E-state index is 9.07. The lowest BCUT2D eigenvalue weighted by atomic mass is 10.1. The Morgan fingerprint density at radius 2 is 1.79 bits per heavy atom. The summed E-state index contributed by atoms with van der Waals surface area (Å²) in [5.41, 5.74) is 4.69. The normalized spacial score (nSPS) is 11.0. The third kappa shape index (κ3) is 4.57. The van der Waals surface area contributed by atoms with Crippen LogP contribution in [0, 0.1) is 6.92 Å². The Labute approximate surface area is 166 Å². The zero-order valence-electron chi connectivity index (χ0n) is 16.9. The molecule has 148 valence electrons. The highest BCUT2D eigenvalue weighted by molar-refractivity contribution is 5.88. The zero-order valence-corrected chi connectivity index (χ0v) is 16.9. The van der Waals surface area contributed by atoms with Crippen molar-refractivity contribution in [3.63, 3.8) is 0 Å². The molecule has 0 saturated carbocycles. The van der Waals surface area contributed by atoms with Crippen LogP contribution in [-0.2, 0) is 0 Å². The number of fused-ring (bicyclic) bond motifs is 1. The molecule has 0 radical (unpaired) electrons. The molecule has 3 aromatic rings. The summed E-state index contributed by atoms with van der Waals surface area (Å²) in [6.45, 7) is 8.25. The number of rotatable bonds is 9. The van der Waals surface area contributed by atoms with Crippen LogP contribution < -0.4 is 9.64 Å². The second-order valence-electron chi connectivity index (χ2n) is 6.82. The van der Waals surface area contributed by atoms with Crippen LogP contribution in [0.25, 0.3) is 22.3 Å². The van der Waals surface area contributed by atoms with Crippen molar-refractivity contribution >= 4 is 16.9 Å². The van der Waals surface area contributed by atoms with Gasteiger partial charge in [-0.3, -0.25) is 0 Å². The molecule has 0 saturated heterocycles. The Bertz CT molecular complexity index is 924. The number of aryl methyl sites for hydroxylation is 1. The summed E-state index contributed by atoms with van der Waals surface area (Å²) in [4.78, 5) is 16.3. The zero-order chi connectivity index (χ0) is 19.9. The monoisotopic (exact) mass is 380 g/mol. The van der Waals surface area contributed by atoms with Crippen LogP contribution in [-0.4, -0.2) is 46.4 Å². The van der Waals surface area contributed by atoms with Crippen LogP contribution in [0.15, 0.2) is 36.4 Å². The Morgan fingerprint density at radius 1 is 1.00 bits per heavy atom. The van der Waals surface area contributed by atoms with Crippen LogP contribution in [0.4, 0.5) is 5.82 Å². The minimum absolute atomic E-state index is 0.0745. The van der Waals surface area contributed by atoms with Crippen molar-refractivity contribution < 1.29 is 9.84 Å². The molecule has 3 rings (SSSR count). The standard InChI is InChI=1S/C22H28N4O2/c1-4-11-26(12-5-2)21-20-19(24-22(25-21)28-14-13-27)10-9-18(23-20)17-8-6-7-16(3)15-17/h6-10,15,27H,4-5,11-14H2,1-3H3. The molecule has 6 heteroatoms. The van der Waals surface area contributed by atoms with Crippen LogP contribution >= 0.6 is 0 Å². The second kappa shape index (κ2) is 9.46. The Morgan fingerprint density at radius 3 is 2.46 bits per heavy atom. The van der Waals surface area contributed by atoms with E-state index in [-0.39, 0.29) is 19.2 Å². The number of pyridine rings is 1. The SMILES string of the molecule is CCCN(CCC)c1nc(OCCO)nc2ccc(-c3cccc(C)c3)nc12. The molecule has 0 bridgehead atoms. The van der Waals surface area contributed by atoms with E-state index < -0.39 is 0 Å². The fraction of sp³-hybridized carbons (Fsp3) is 0.409. The summed E-state index contributed by atoms with van der Waals surface area (Å²) in [5.74, 6) is 0.788. The van der Waals surface area contributed by atoms with Gasteiger partial charge in [0, 0.05) is 18.7 Å². The molecule has 2 aromatic heterocycles. The molecule has 0 unspecified atom stereocenters. The lowest BCUT2D eigenvalue weighted by Gasteiger charge is -2.24. The van der Waals surface area contributed by atoms with Crippen LogP contribution in [0.5, 0.6) is 6.01 Å². The molecule has 1 aromatic carbocycles. The highest BCUT2D eigenvalue weighted by Crippen LogP contribution is 2.28. The third-order valence-corrected chi connectivity index (χ3v) is 4.43. The van der Waals surface area contributed by atoms with Gasteiger partial charge in [-0.1, -0.05) is 37.6 Å². The van der Waals surface area contributed by atoms with Crippen LogP contribution in [0.1, 0.15) is 32.3 Å². The minimum Gasteiger partial charge on any atom is -0.461 e. The molecule has 28 heavy (non-hydrogen) atoms. The smallest absolute Gasteiger partial charge is 0.319 e. The number of hydrogen-bond donors (Lipinski definition) is 1. The summed E-state index contributed by atoms with van der Waals surface area (Å²) in [7, 11) is 0. The Kier molecular flexibility index (Phi) is 6.76.